The molecule has 0 bridgehead atoms. The summed E-state index contributed by atoms with van der Waals surface area (Å²) in [4.78, 5) is 2.57. The van der Waals surface area contributed by atoms with Gasteiger partial charge in [-0.2, -0.15) is 5.10 Å². The highest BCUT2D eigenvalue weighted by Crippen LogP contribution is 2.14. The molecule has 1 N–H and O–H groups in total. The summed E-state index contributed by atoms with van der Waals surface area (Å²) in [6.45, 7) is 6.59. The Morgan fingerprint density at radius 1 is 1.27 bits per heavy atom. The highest BCUT2D eigenvalue weighted by molar-refractivity contribution is 5.85. The van der Waals surface area contributed by atoms with E-state index in [0.717, 1.165) is 37.6 Å². The molecule has 22 heavy (non-hydrogen) atoms. The topological polar surface area (TPSA) is 33.1 Å². The number of halogens is 1. The molecule has 1 atom stereocenters. The predicted octanol–water partition coefficient (Wildman–Crippen LogP) is 2.87. The number of para-hydroxylation sites is 1. The van der Waals surface area contributed by atoms with Gasteiger partial charge in [0.15, 0.2) is 0 Å². The van der Waals surface area contributed by atoms with E-state index < -0.39 is 0 Å². The second-order valence-electron chi connectivity index (χ2n) is 5.70. The summed E-state index contributed by atoms with van der Waals surface area (Å²) in [7, 11) is 0. The summed E-state index contributed by atoms with van der Waals surface area (Å²) in [6.07, 6.45) is 4.50. The number of aromatic nitrogens is 2. The lowest BCUT2D eigenvalue weighted by molar-refractivity contribution is 0.197. The van der Waals surface area contributed by atoms with Crippen LogP contribution in [0, 0.1) is 0 Å². The van der Waals surface area contributed by atoms with Crippen LogP contribution in [0.5, 0.6) is 0 Å². The van der Waals surface area contributed by atoms with Crippen molar-refractivity contribution < 1.29 is 0 Å². The molecule has 0 aliphatic carbocycles. The minimum Gasteiger partial charge on any atom is -0.315 e. The summed E-state index contributed by atoms with van der Waals surface area (Å²) >= 11 is 0. The Kier molecular flexibility index (Phi) is 6.43. The van der Waals surface area contributed by atoms with E-state index in [-0.39, 0.29) is 12.4 Å². The van der Waals surface area contributed by atoms with Gasteiger partial charge >= 0.3 is 0 Å². The summed E-state index contributed by atoms with van der Waals surface area (Å²) in [6, 6.07) is 13.1. The molecular formula is C17H25ClN4. The van der Waals surface area contributed by atoms with Crippen LogP contribution in [0.3, 0.4) is 0 Å². The summed E-state index contributed by atoms with van der Waals surface area (Å²) < 4.78 is 1.96. The van der Waals surface area contributed by atoms with Gasteiger partial charge in [-0.3, -0.25) is 4.90 Å². The van der Waals surface area contributed by atoms with Gasteiger partial charge in [-0.25, -0.2) is 4.68 Å². The Morgan fingerprint density at radius 3 is 2.77 bits per heavy atom. The Hall–Kier alpha value is -1.36. The number of nitrogens with zero attached hydrogens (tertiary/aromatic N) is 3. The van der Waals surface area contributed by atoms with Gasteiger partial charge in [0.2, 0.25) is 0 Å². The SMILES string of the molecule is CCCN(Cc1ccn(-c2ccccc2)n1)C1CCNC1.Cl. The van der Waals surface area contributed by atoms with E-state index in [1.807, 2.05) is 22.9 Å². The van der Waals surface area contributed by atoms with Crippen molar-refractivity contribution in [1.82, 2.24) is 20.0 Å². The van der Waals surface area contributed by atoms with Crippen molar-refractivity contribution in [3.05, 3.63) is 48.3 Å². The van der Waals surface area contributed by atoms with E-state index in [1.165, 1.54) is 12.8 Å². The second-order valence-corrected chi connectivity index (χ2v) is 5.70. The smallest absolute Gasteiger partial charge is 0.0769 e. The van der Waals surface area contributed by atoms with Gasteiger partial charge in [0.1, 0.15) is 0 Å². The van der Waals surface area contributed by atoms with E-state index >= 15 is 0 Å². The Balaban J connectivity index is 0.00000176. The van der Waals surface area contributed by atoms with Crippen LogP contribution in [0.25, 0.3) is 5.69 Å². The van der Waals surface area contributed by atoms with E-state index in [2.05, 4.69) is 41.5 Å². The van der Waals surface area contributed by atoms with Crippen LogP contribution in [0.2, 0.25) is 0 Å². The molecule has 1 aromatic heterocycles. The fraction of sp³-hybridized carbons (Fsp3) is 0.471. The first-order valence-corrected chi connectivity index (χ1v) is 7.91. The summed E-state index contributed by atoms with van der Waals surface area (Å²) in [5.74, 6) is 0. The van der Waals surface area contributed by atoms with Crippen molar-refractivity contribution in [2.75, 3.05) is 19.6 Å². The fourth-order valence-corrected chi connectivity index (χ4v) is 3.01. The van der Waals surface area contributed by atoms with Gasteiger partial charge in [-0.05, 0) is 44.1 Å². The first kappa shape index (κ1) is 17.0. The molecule has 3 rings (SSSR count). The largest absolute Gasteiger partial charge is 0.315 e. The summed E-state index contributed by atoms with van der Waals surface area (Å²) in [5.41, 5.74) is 2.27. The van der Waals surface area contributed by atoms with Crippen molar-refractivity contribution >= 4 is 12.4 Å². The maximum absolute atomic E-state index is 4.73. The molecule has 4 nitrogen and oxygen atoms in total. The van der Waals surface area contributed by atoms with E-state index in [1.54, 1.807) is 0 Å². The third-order valence-electron chi connectivity index (χ3n) is 4.09. The van der Waals surface area contributed by atoms with Crippen molar-refractivity contribution in [2.24, 2.45) is 0 Å². The molecule has 0 spiro atoms. The van der Waals surface area contributed by atoms with Gasteiger partial charge in [-0.15, -0.1) is 12.4 Å². The molecule has 0 saturated carbocycles. The molecule has 1 aliphatic rings. The maximum atomic E-state index is 4.73. The van der Waals surface area contributed by atoms with Crippen LogP contribution in [0.1, 0.15) is 25.5 Å². The van der Waals surface area contributed by atoms with E-state index in [0.29, 0.717) is 6.04 Å². The zero-order chi connectivity index (χ0) is 14.5. The molecular weight excluding hydrogens is 296 g/mol. The quantitative estimate of drug-likeness (QED) is 0.888. The van der Waals surface area contributed by atoms with Crippen molar-refractivity contribution in [2.45, 2.75) is 32.4 Å². The number of rotatable bonds is 6. The molecule has 1 saturated heterocycles. The Morgan fingerprint density at radius 2 is 2.09 bits per heavy atom. The molecule has 120 valence electrons. The lowest BCUT2D eigenvalue weighted by atomic mass is 10.2. The molecule has 1 aromatic carbocycles. The monoisotopic (exact) mass is 320 g/mol. The van der Waals surface area contributed by atoms with Crippen molar-refractivity contribution in [3.63, 3.8) is 0 Å². The predicted molar refractivity (Wildman–Crippen MR) is 92.8 cm³/mol. The van der Waals surface area contributed by atoms with Gasteiger partial charge in [0.25, 0.3) is 0 Å². The van der Waals surface area contributed by atoms with Crippen LogP contribution in [-0.4, -0.2) is 40.4 Å². The number of nitrogens with one attached hydrogen (secondary N) is 1. The highest BCUT2D eigenvalue weighted by atomic mass is 35.5. The lowest BCUT2D eigenvalue weighted by Crippen LogP contribution is -2.37. The van der Waals surface area contributed by atoms with E-state index in [9.17, 15) is 0 Å². The minimum absolute atomic E-state index is 0. The average molecular weight is 321 g/mol. The second kappa shape index (κ2) is 8.32. The first-order chi connectivity index (χ1) is 10.4. The third-order valence-corrected chi connectivity index (χ3v) is 4.09. The lowest BCUT2D eigenvalue weighted by Gasteiger charge is -2.27. The molecule has 2 heterocycles. The third kappa shape index (κ3) is 4.09. The zero-order valence-electron chi connectivity index (χ0n) is 13.1. The zero-order valence-corrected chi connectivity index (χ0v) is 13.9. The molecule has 1 aliphatic heterocycles. The average Bonchev–Trinajstić information content (AvgIpc) is 3.19. The van der Waals surface area contributed by atoms with Crippen molar-refractivity contribution in [1.29, 1.82) is 0 Å². The molecule has 5 heteroatoms. The van der Waals surface area contributed by atoms with Crippen LogP contribution >= 0.6 is 12.4 Å². The van der Waals surface area contributed by atoms with Crippen molar-refractivity contribution in [3.8, 4) is 5.69 Å². The molecule has 0 radical (unpaired) electrons. The highest BCUT2D eigenvalue weighted by Gasteiger charge is 2.22. The normalized spacial score (nSPS) is 17.6. The van der Waals surface area contributed by atoms with Crippen LogP contribution in [0.4, 0.5) is 0 Å². The molecule has 1 unspecified atom stereocenters. The maximum Gasteiger partial charge on any atom is 0.0769 e. The van der Waals surface area contributed by atoms with Crippen LogP contribution in [-0.2, 0) is 6.54 Å². The minimum atomic E-state index is 0. The number of hydrogen-bond acceptors (Lipinski definition) is 3. The molecule has 0 amide bonds. The van der Waals surface area contributed by atoms with Crippen LogP contribution in [0.15, 0.2) is 42.6 Å². The fourth-order valence-electron chi connectivity index (χ4n) is 3.01. The Labute approximate surface area is 138 Å². The van der Waals surface area contributed by atoms with Gasteiger partial charge < -0.3 is 5.32 Å². The van der Waals surface area contributed by atoms with E-state index in [4.69, 9.17) is 5.10 Å². The Bertz CT molecular complexity index is 549. The number of benzene rings is 1. The van der Waals surface area contributed by atoms with Gasteiger partial charge in [0.05, 0.1) is 11.4 Å². The van der Waals surface area contributed by atoms with Gasteiger partial charge in [0, 0.05) is 25.3 Å². The standard InChI is InChI=1S/C17H24N4.ClH/c1-2-11-20(17-8-10-18-13-17)14-15-9-12-21(19-15)16-6-4-3-5-7-16;/h3-7,9,12,17-18H,2,8,10-11,13-14H2,1H3;1H. The summed E-state index contributed by atoms with van der Waals surface area (Å²) in [5, 5.41) is 8.19. The van der Waals surface area contributed by atoms with Gasteiger partial charge in [-0.1, -0.05) is 25.1 Å². The van der Waals surface area contributed by atoms with Crippen LogP contribution < -0.4 is 5.32 Å². The molecule has 1 fully saturated rings. The first-order valence-electron chi connectivity index (χ1n) is 7.91. The molecule has 2 aromatic rings. The number of hydrogen-bond donors (Lipinski definition) is 1.